The van der Waals surface area contributed by atoms with E-state index in [0.717, 1.165) is 17.8 Å². The van der Waals surface area contributed by atoms with Gasteiger partial charge in [0, 0.05) is 19.2 Å². The Hall–Kier alpha value is -3.34. The fourth-order valence-electron chi connectivity index (χ4n) is 2.48. The zero-order valence-electron chi connectivity index (χ0n) is 17.7. The summed E-state index contributed by atoms with van der Waals surface area (Å²) in [6, 6.07) is 5.09. The Morgan fingerprint density at radius 1 is 1.19 bits per heavy atom. The summed E-state index contributed by atoms with van der Waals surface area (Å²) < 4.78 is 15.4. The first kappa shape index (κ1) is 23.9. The molecule has 0 unspecified atom stereocenters. The normalized spacial score (nSPS) is 15.9. The molecule has 0 atom stereocenters. The molecule has 166 valence electrons. The van der Waals surface area contributed by atoms with Crippen molar-refractivity contribution in [3.8, 4) is 11.5 Å². The fourth-order valence-corrected chi connectivity index (χ4v) is 3.22. The molecule has 1 N–H and O–H groups in total. The van der Waals surface area contributed by atoms with Gasteiger partial charge in [-0.1, -0.05) is 0 Å². The molecule has 10 nitrogen and oxygen atoms in total. The SMILES string of the molecule is CCN(CC)C(=O)COc1ccc(C=N/N=C2/NC(=O)/C(=C\C(=O)OC)S2)cc1OC. The minimum absolute atomic E-state index is 0.0858. The van der Waals surface area contributed by atoms with Crippen LogP contribution in [0, 0.1) is 0 Å². The van der Waals surface area contributed by atoms with E-state index in [4.69, 9.17) is 9.47 Å². The second-order valence-electron chi connectivity index (χ2n) is 6.00. The van der Waals surface area contributed by atoms with Gasteiger partial charge in [-0.3, -0.25) is 14.9 Å². The molecular weight excluding hydrogens is 424 g/mol. The van der Waals surface area contributed by atoms with Gasteiger partial charge in [0.1, 0.15) is 0 Å². The van der Waals surface area contributed by atoms with Crippen LogP contribution in [0.4, 0.5) is 0 Å². The van der Waals surface area contributed by atoms with Crippen LogP contribution in [-0.2, 0) is 19.1 Å². The van der Waals surface area contributed by atoms with E-state index in [1.165, 1.54) is 20.4 Å². The van der Waals surface area contributed by atoms with Crippen LogP contribution in [0.25, 0.3) is 0 Å². The van der Waals surface area contributed by atoms with Crippen molar-refractivity contribution in [1.82, 2.24) is 10.2 Å². The maximum atomic E-state index is 12.1. The molecule has 2 rings (SSSR count). The van der Waals surface area contributed by atoms with Crippen molar-refractivity contribution >= 4 is 40.9 Å². The Morgan fingerprint density at radius 3 is 2.58 bits per heavy atom. The van der Waals surface area contributed by atoms with Gasteiger partial charge < -0.3 is 19.1 Å². The average molecular weight is 449 g/mol. The van der Waals surface area contributed by atoms with Crippen LogP contribution in [0.15, 0.2) is 39.4 Å². The van der Waals surface area contributed by atoms with E-state index in [2.05, 4.69) is 20.3 Å². The first-order valence-electron chi connectivity index (χ1n) is 9.40. The number of amidine groups is 1. The average Bonchev–Trinajstić information content (AvgIpc) is 3.12. The number of benzene rings is 1. The Kier molecular flexibility index (Phi) is 9.07. The molecule has 1 fully saturated rings. The third kappa shape index (κ3) is 6.85. The number of methoxy groups -OCH3 is 2. The van der Waals surface area contributed by atoms with Crippen LogP contribution in [0.1, 0.15) is 19.4 Å². The van der Waals surface area contributed by atoms with Crippen LogP contribution in [0.3, 0.4) is 0 Å². The molecule has 31 heavy (non-hydrogen) atoms. The number of hydrogen-bond donors (Lipinski definition) is 1. The summed E-state index contributed by atoms with van der Waals surface area (Å²) in [5.74, 6) is -0.314. The zero-order valence-corrected chi connectivity index (χ0v) is 18.5. The molecular formula is C20H24N4O6S. The van der Waals surface area contributed by atoms with Crippen LogP contribution < -0.4 is 14.8 Å². The van der Waals surface area contributed by atoms with Crippen LogP contribution in [0.2, 0.25) is 0 Å². The number of likely N-dealkylation sites (N-methyl/N-ethyl adjacent to an activating group) is 1. The number of nitrogens with one attached hydrogen (secondary N) is 1. The number of esters is 1. The van der Waals surface area contributed by atoms with Gasteiger partial charge in [-0.25, -0.2) is 4.79 Å². The molecule has 0 bridgehead atoms. The predicted molar refractivity (Wildman–Crippen MR) is 117 cm³/mol. The van der Waals surface area contributed by atoms with E-state index >= 15 is 0 Å². The number of amides is 2. The zero-order chi connectivity index (χ0) is 22.8. The lowest BCUT2D eigenvalue weighted by Gasteiger charge is -2.19. The molecule has 1 aromatic carbocycles. The number of ether oxygens (including phenoxy) is 3. The highest BCUT2D eigenvalue weighted by molar-refractivity contribution is 8.18. The van der Waals surface area contributed by atoms with Gasteiger partial charge >= 0.3 is 5.97 Å². The third-order valence-electron chi connectivity index (χ3n) is 4.11. The lowest BCUT2D eigenvalue weighted by Crippen LogP contribution is -2.34. The molecule has 1 heterocycles. The predicted octanol–water partition coefficient (Wildman–Crippen LogP) is 1.55. The Balaban J connectivity index is 2.03. The van der Waals surface area contributed by atoms with E-state index in [1.54, 1.807) is 23.1 Å². The number of nitrogens with zero attached hydrogens (tertiary/aromatic N) is 3. The Bertz CT molecular complexity index is 924. The summed E-state index contributed by atoms with van der Waals surface area (Å²) in [4.78, 5) is 37.0. The molecule has 2 amide bonds. The van der Waals surface area contributed by atoms with Crippen LogP contribution in [-0.4, -0.2) is 68.0 Å². The molecule has 0 aliphatic carbocycles. The highest BCUT2D eigenvalue weighted by atomic mass is 32.2. The van der Waals surface area contributed by atoms with Crippen molar-refractivity contribution in [1.29, 1.82) is 0 Å². The molecule has 1 aliphatic rings. The van der Waals surface area contributed by atoms with Crippen LogP contribution in [0.5, 0.6) is 11.5 Å². The number of thioether (sulfide) groups is 1. The third-order valence-corrected chi connectivity index (χ3v) is 5.01. The summed E-state index contributed by atoms with van der Waals surface area (Å²) in [5.41, 5.74) is 0.670. The molecule has 0 saturated carbocycles. The van der Waals surface area contributed by atoms with E-state index < -0.39 is 11.9 Å². The number of rotatable bonds is 9. The number of carbonyl (C=O) groups excluding carboxylic acids is 3. The minimum Gasteiger partial charge on any atom is -0.493 e. The molecule has 1 aliphatic heterocycles. The van der Waals surface area contributed by atoms with Crippen molar-refractivity contribution in [2.24, 2.45) is 10.2 Å². The molecule has 1 aromatic rings. The first-order valence-corrected chi connectivity index (χ1v) is 10.2. The molecule has 1 saturated heterocycles. The number of carbonyl (C=O) groups is 3. The lowest BCUT2D eigenvalue weighted by atomic mass is 10.2. The van der Waals surface area contributed by atoms with E-state index in [9.17, 15) is 14.4 Å². The van der Waals surface area contributed by atoms with E-state index in [1.807, 2.05) is 13.8 Å². The number of hydrogen-bond acceptors (Lipinski definition) is 9. The highest BCUT2D eigenvalue weighted by Gasteiger charge is 2.25. The van der Waals surface area contributed by atoms with Crippen molar-refractivity contribution in [2.45, 2.75) is 13.8 Å². The van der Waals surface area contributed by atoms with Crippen molar-refractivity contribution in [3.63, 3.8) is 0 Å². The Morgan fingerprint density at radius 2 is 1.94 bits per heavy atom. The summed E-state index contributed by atoms with van der Waals surface area (Å²) in [6.07, 6.45) is 2.55. The standard InChI is InChI=1S/C20H24N4O6S/c1-5-24(6-2)17(25)12-30-14-8-7-13(9-15(14)28-3)11-21-23-20-22-19(27)16(31-20)10-18(26)29-4/h7-11H,5-6,12H2,1-4H3,(H,22,23,27)/b16-10+,21-11?. The van der Waals surface area contributed by atoms with Crippen molar-refractivity contribution in [3.05, 3.63) is 34.7 Å². The fraction of sp³-hybridized carbons (Fsp3) is 0.350. The maximum Gasteiger partial charge on any atom is 0.331 e. The second kappa shape index (κ2) is 11.7. The van der Waals surface area contributed by atoms with Gasteiger partial charge in [-0.05, 0) is 49.4 Å². The smallest absolute Gasteiger partial charge is 0.331 e. The lowest BCUT2D eigenvalue weighted by molar-refractivity contribution is -0.135. The van der Waals surface area contributed by atoms with E-state index in [0.29, 0.717) is 30.2 Å². The van der Waals surface area contributed by atoms with Gasteiger partial charge in [-0.2, -0.15) is 5.10 Å². The topological polar surface area (TPSA) is 119 Å². The highest BCUT2D eigenvalue weighted by Crippen LogP contribution is 2.28. The quantitative estimate of drug-likeness (QED) is 0.263. The molecule has 11 heteroatoms. The van der Waals surface area contributed by atoms with Gasteiger partial charge in [0.2, 0.25) is 0 Å². The Labute approximate surface area is 184 Å². The molecule has 0 radical (unpaired) electrons. The first-order chi connectivity index (χ1) is 14.9. The van der Waals surface area contributed by atoms with Gasteiger partial charge in [0.25, 0.3) is 11.8 Å². The van der Waals surface area contributed by atoms with Crippen molar-refractivity contribution in [2.75, 3.05) is 33.9 Å². The molecule has 0 aromatic heterocycles. The summed E-state index contributed by atoms with van der Waals surface area (Å²) in [6.45, 7) is 4.97. The molecule has 0 spiro atoms. The summed E-state index contributed by atoms with van der Waals surface area (Å²) in [5, 5.41) is 10.6. The van der Waals surface area contributed by atoms with E-state index in [-0.39, 0.29) is 22.6 Å². The maximum absolute atomic E-state index is 12.1. The van der Waals surface area contributed by atoms with Crippen molar-refractivity contribution < 1.29 is 28.6 Å². The summed E-state index contributed by atoms with van der Waals surface area (Å²) >= 11 is 0.978. The largest absolute Gasteiger partial charge is 0.493 e. The monoisotopic (exact) mass is 448 g/mol. The minimum atomic E-state index is -0.629. The second-order valence-corrected chi connectivity index (χ2v) is 7.03. The summed E-state index contributed by atoms with van der Waals surface area (Å²) in [7, 11) is 2.72. The van der Waals surface area contributed by atoms with Gasteiger partial charge in [-0.15, -0.1) is 5.10 Å². The van der Waals surface area contributed by atoms with Crippen LogP contribution >= 0.6 is 11.8 Å². The van der Waals surface area contributed by atoms with Gasteiger partial charge in [0.15, 0.2) is 23.3 Å². The van der Waals surface area contributed by atoms with Gasteiger partial charge in [0.05, 0.1) is 25.3 Å².